The highest BCUT2D eigenvalue weighted by atomic mass is 35.5. The zero-order chi connectivity index (χ0) is 15.7. The molecule has 1 heterocycles. The number of hydrogen-bond donors (Lipinski definition) is 1. The van der Waals surface area contributed by atoms with Gasteiger partial charge in [-0.05, 0) is 44.6 Å². The van der Waals surface area contributed by atoms with Gasteiger partial charge in [0.25, 0.3) is 0 Å². The molecule has 0 amide bonds. The summed E-state index contributed by atoms with van der Waals surface area (Å²) in [6.07, 6.45) is 3.65. The highest BCUT2D eigenvalue weighted by Crippen LogP contribution is 2.35. The van der Waals surface area contributed by atoms with Crippen molar-refractivity contribution < 1.29 is 17.5 Å². The van der Waals surface area contributed by atoms with Crippen molar-refractivity contribution in [2.45, 2.75) is 43.2 Å². The van der Waals surface area contributed by atoms with Gasteiger partial charge in [0.1, 0.15) is 15.6 Å². The molecule has 0 saturated heterocycles. The van der Waals surface area contributed by atoms with Crippen LogP contribution in [0.3, 0.4) is 0 Å². The first-order chi connectivity index (χ1) is 9.67. The molecule has 1 aromatic heterocycles. The van der Waals surface area contributed by atoms with E-state index in [-0.39, 0.29) is 21.7 Å². The molecule has 1 fully saturated rings. The van der Waals surface area contributed by atoms with Gasteiger partial charge in [0, 0.05) is 0 Å². The lowest BCUT2D eigenvalue weighted by molar-refractivity contribution is 0.0837. The quantitative estimate of drug-likeness (QED) is 0.916. The van der Waals surface area contributed by atoms with Crippen molar-refractivity contribution in [3.05, 3.63) is 17.3 Å². The first-order valence-corrected chi connectivity index (χ1v) is 8.60. The fourth-order valence-corrected chi connectivity index (χ4v) is 3.08. The van der Waals surface area contributed by atoms with Crippen molar-refractivity contribution in [2.24, 2.45) is 11.1 Å². The third kappa shape index (κ3) is 4.52. The number of nitrogens with two attached hydrogens (primary N) is 1. The van der Waals surface area contributed by atoms with E-state index in [1.807, 2.05) is 0 Å². The van der Waals surface area contributed by atoms with E-state index in [4.69, 9.17) is 21.5 Å². The minimum absolute atomic E-state index is 0.0904. The SMILES string of the molecule is CC1(F)CCC(COc2ncc(S(N)(=O)=O)cc2Cl)CC1. The van der Waals surface area contributed by atoms with Gasteiger partial charge >= 0.3 is 0 Å². The van der Waals surface area contributed by atoms with Gasteiger partial charge < -0.3 is 4.74 Å². The molecule has 2 rings (SSSR count). The van der Waals surface area contributed by atoms with Gasteiger partial charge in [-0.15, -0.1) is 0 Å². The average molecular weight is 337 g/mol. The van der Waals surface area contributed by atoms with Crippen LogP contribution in [0.1, 0.15) is 32.6 Å². The van der Waals surface area contributed by atoms with E-state index in [1.165, 1.54) is 6.07 Å². The van der Waals surface area contributed by atoms with E-state index in [0.29, 0.717) is 19.4 Å². The van der Waals surface area contributed by atoms with Crippen molar-refractivity contribution in [1.82, 2.24) is 4.98 Å². The summed E-state index contributed by atoms with van der Waals surface area (Å²) >= 11 is 5.93. The van der Waals surface area contributed by atoms with Crippen LogP contribution >= 0.6 is 11.6 Å². The number of pyridine rings is 1. The molecule has 0 atom stereocenters. The number of nitrogens with zero attached hydrogens (tertiary/aromatic N) is 1. The van der Waals surface area contributed by atoms with Crippen molar-refractivity contribution >= 4 is 21.6 Å². The van der Waals surface area contributed by atoms with Crippen molar-refractivity contribution in [3.8, 4) is 5.88 Å². The van der Waals surface area contributed by atoms with E-state index < -0.39 is 15.7 Å². The molecule has 21 heavy (non-hydrogen) atoms. The monoisotopic (exact) mass is 336 g/mol. The smallest absolute Gasteiger partial charge is 0.239 e. The summed E-state index contributed by atoms with van der Waals surface area (Å²) in [5.74, 6) is 0.419. The van der Waals surface area contributed by atoms with Crippen molar-refractivity contribution in [1.29, 1.82) is 0 Å². The Hall–Kier alpha value is -0.920. The third-order valence-electron chi connectivity index (χ3n) is 3.71. The summed E-state index contributed by atoms with van der Waals surface area (Å²) in [7, 11) is -3.83. The van der Waals surface area contributed by atoms with Gasteiger partial charge in [-0.1, -0.05) is 11.6 Å². The summed E-state index contributed by atoms with van der Waals surface area (Å²) < 4.78 is 41.5. The van der Waals surface area contributed by atoms with Gasteiger partial charge in [0.15, 0.2) is 0 Å². The Labute approximate surface area is 128 Å². The third-order valence-corrected chi connectivity index (χ3v) is 4.87. The fraction of sp³-hybridized carbons (Fsp3) is 0.615. The standard InChI is InChI=1S/C13H18ClFN2O3S/c1-13(15)4-2-9(3-5-13)8-20-12-11(14)6-10(7-17-12)21(16,18)19/h6-7,9H,2-5,8H2,1H3,(H2,16,18,19). The predicted octanol–water partition coefficient (Wildman–Crippen LogP) is 2.68. The maximum absolute atomic E-state index is 13.7. The normalized spacial score (nSPS) is 26.6. The molecule has 8 heteroatoms. The number of primary sulfonamides is 1. The number of sulfonamides is 1. The predicted molar refractivity (Wildman–Crippen MR) is 77.6 cm³/mol. The summed E-state index contributed by atoms with van der Waals surface area (Å²) in [5.41, 5.74) is -1.08. The fourth-order valence-electron chi connectivity index (χ4n) is 2.31. The molecule has 118 valence electrons. The highest BCUT2D eigenvalue weighted by molar-refractivity contribution is 7.89. The second-order valence-corrected chi connectivity index (χ2v) is 7.64. The van der Waals surface area contributed by atoms with Gasteiger partial charge in [-0.3, -0.25) is 0 Å². The lowest BCUT2D eigenvalue weighted by Gasteiger charge is -2.30. The topological polar surface area (TPSA) is 82.3 Å². The molecule has 5 nitrogen and oxygen atoms in total. The van der Waals surface area contributed by atoms with Crippen LogP contribution in [0.2, 0.25) is 5.02 Å². The van der Waals surface area contributed by atoms with Gasteiger partial charge in [-0.2, -0.15) is 0 Å². The second-order valence-electron chi connectivity index (χ2n) is 5.67. The Balaban J connectivity index is 1.95. The Morgan fingerprint density at radius 1 is 1.52 bits per heavy atom. The van der Waals surface area contributed by atoms with Crippen LogP contribution in [0, 0.1) is 5.92 Å². The minimum Gasteiger partial charge on any atom is -0.476 e. The minimum atomic E-state index is -3.83. The van der Waals surface area contributed by atoms with Crippen LogP contribution in [0.5, 0.6) is 5.88 Å². The maximum atomic E-state index is 13.7. The molecule has 2 N–H and O–H groups in total. The molecule has 0 bridgehead atoms. The van der Waals surface area contributed by atoms with E-state index in [9.17, 15) is 12.8 Å². The van der Waals surface area contributed by atoms with Crippen LogP contribution in [0.4, 0.5) is 4.39 Å². The molecule has 0 spiro atoms. The Bertz CT molecular complexity index is 612. The molecule has 1 saturated carbocycles. The molecule has 1 aromatic rings. The molecular formula is C13H18ClFN2O3S. The van der Waals surface area contributed by atoms with E-state index in [2.05, 4.69) is 4.98 Å². The molecule has 0 aliphatic heterocycles. The summed E-state index contributed by atoms with van der Waals surface area (Å²) in [6.45, 7) is 2.01. The zero-order valence-electron chi connectivity index (χ0n) is 11.7. The van der Waals surface area contributed by atoms with Crippen LogP contribution in [0.15, 0.2) is 17.2 Å². The van der Waals surface area contributed by atoms with E-state index >= 15 is 0 Å². The van der Waals surface area contributed by atoms with Crippen LogP contribution in [-0.4, -0.2) is 25.7 Å². The highest BCUT2D eigenvalue weighted by Gasteiger charge is 2.31. The number of alkyl halides is 1. The lowest BCUT2D eigenvalue weighted by Crippen LogP contribution is -2.28. The Morgan fingerprint density at radius 3 is 2.67 bits per heavy atom. The first kappa shape index (κ1) is 16.5. The molecule has 0 aromatic carbocycles. The van der Waals surface area contributed by atoms with Crippen LogP contribution < -0.4 is 9.88 Å². The number of hydrogen-bond acceptors (Lipinski definition) is 4. The van der Waals surface area contributed by atoms with Crippen LogP contribution in [0.25, 0.3) is 0 Å². The van der Waals surface area contributed by atoms with E-state index in [1.54, 1.807) is 6.92 Å². The second kappa shape index (κ2) is 6.06. The van der Waals surface area contributed by atoms with Crippen molar-refractivity contribution in [3.63, 3.8) is 0 Å². The van der Waals surface area contributed by atoms with Gasteiger partial charge in [0.2, 0.25) is 15.9 Å². The summed E-state index contributed by atoms with van der Waals surface area (Å²) in [6, 6.07) is 1.21. The summed E-state index contributed by atoms with van der Waals surface area (Å²) in [4.78, 5) is 3.71. The number of rotatable bonds is 4. The number of aromatic nitrogens is 1. The lowest BCUT2D eigenvalue weighted by atomic mass is 9.81. The van der Waals surface area contributed by atoms with Gasteiger partial charge in [-0.25, -0.2) is 22.9 Å². The number of halogens is 2. The molecular weight excluding hydrogens is 319 g/mol. The molecule has 1 aliphatic carbocycles. The Kier molecular flexibility index (Phi) is 4.75. The largest absolute Gasteiger partial charge is 0.476 e. The first-order valence-electron chi connectivity index (χ1n) is 6.67. The molecule has 0 radical (unpaired) electrons. The molecule has 0 unspecified atom stereocenters. The van der Waals surface area contributed by atoms with Gasteiger partial charge in [0.05, 0.1) is 12.8 Å². The average Bonchev–Trinajstić information content (AvgIpc) is 2.37. The maximum Gasteiger partial charge on any atom is 0.239 e. The zero-order valence-corrected chi connectivity index (χ0v) is 13.3. The summed E-state index contributed by atoms with van der Waals surface area (Å²) in [5, 5.41) is 5.08. The Morgan fingerprint density at radius 2 is 2.14 bits per heavy atom. The molecule has 1 aliphatic rings. The van der Waals surface area contributed by atoms with Crippen LogP contribution in [-0.2, 0) is 10.0 Å². The van der Waals surface area contributed by atoms with E-state index in [0.717, 1.165) is 19.0 Å². The van der Waals surface area contributed by atoms with Crippen molar-refractivity contribution in [2.75, 3.05) is 6.61 Å². The number of ether oxygens (including phenoxy) is 1.